The Balaban J connectivity index is 2.77. The van der Waals surface area contributed by atoms with Crippen molar-refractivity contribution in [3.8, 4) is 0 Å². The fourth-order valence-electron chi connectivity index (χ4n) is 1.63. The van der Waals surface area contributed by atoms with Gasteiger partial charge in [0.1, 0.15) is 6.61 Å². The first-order valence-electron chi connectivity index (χ1n) is 8.07. The van der Waals surface area contributed by atoms with Gasteiger partial charge in [-0.3, -0.25) is 4.79 Å². The summed E-state index contributed by atoms with van der Waals surface area (Å²) >= 11 is 0. The minimum atomic E-state index is -0.456. The normalized spacial score (nSPS) is 11.2. The molecular weight excluding hydrogens is 308 g/mol. The summed E-state index contributed by atoms with van der Waals surface area (Å²) in [5.41, 5.74) is -0.456. The minimum absolute atomic E-state index is 0.183. The smallest absolute Gasteiger partial charge is 0.311 e. The van der Waals surface area contributed by atoms with Crippen molar-refractivity contribution in [2.75, 3.05) is 63.1 Å². The summed E-state index contributed by atoms with van der Waals surface area (Å²) in [5.74, 6) is 1.53. The van der Waals surface area contributed by atoms with Gasteiger partial charge in [-0.05, 0) is 20.3 Å². The molecule has 0 bridgehead atoms. The zero-order valence-electron chi connectivity index (χ0n) is 16.1. The van der Waals surface area contributed by atoms with Gasteiger partial charge in [0.25, 0.3) is 0 Å². The molecule has 0 radical (unpaired) electrons. The average Bonchev–Trinajstić information content (AvgIpc) is 2.53. The highest BCUT2D eigenvalue weighted by molar-refractivity contribution is 5.75. The van der Waals surface area contributed by atoms with Crippen molar-refractivity contribution in [2.24, 2.45) is 5.41 Å². The van der Waals surface area contributed by atoms with Crippen LogP contribution < -0.4 is 14.7 Å². The topological polar surface area (TPSA) is 74.7 Å². The molecule has 0 fully saturated rings. The summed E-state index contributed by atoms with van der Waals surface area (Å²) in [7, 11) is 9.40. The van der Waals surface area contributed by atoms with Crippen LogP contribution in [0.1, 0.15) is 27.2 Å². The molecule has 8 nitrogen and oxygen atoms in total. The van der Waals surface area contributed by atoms with Crippen molar-refractivity contribution in [1.29, 1.82) is 0 Å². The van der Waals surface area contributed by atoms with E-state index >= 15 is 0 Å². The first-order chi connectivity index (χ1) is 11.1. The van der Waals surface area contributed by atoms with E-state index in [4.69, 9.17) is 4.74 Å². The lowest BCUT2D eigenvalue weighted by Crippen LogP contribution is -2.31. The number of likely N-dealkylation sites (N-methyl/N-ethyl adjacent to an activating group) is 1. The zero-order chi connectivity index (χ0) is 18.5. The van der Waals surface area contributed by atoms with E-state index in [1.54, 1.807) is 0 Å². The van der Waals surface area contributed by atoms with Crippen molar-refractivity contribution in [3.63, 3.8) is 0 Å². The number of nitrogens with zero attached hydrogens (tertiary/aromatic N) is 6. The van der Waals surface area contributed by atoms with Crippen molar-refractivity contribution < 1.29 is 9.53 Å². The van der Waals surface area contributed by atoms with E-state index in [0.29, 0.717) is 31.0 Å². The van der Waals surface area contributed by atoms with Crippen LogP contribution in [0.5, 0.6) is 0 Å². The van der Waals surface area contributed by atoms with E-state index in [-0.39, 0.29) is 5.97 Å². The van der Waals surface area contributed by atoms with Crippen LogP contribution in [-0.4, -0.2) is 69.3 Å². The highest BCUT2D eigenvalue weighted by Gasteiger charge is 2.27. The molecule has 136 valence electrons. The third-order valence-electron chi connectivity index (χ3n) is 3.84. The Hall–Kier alpha value is -2.12. The lowest BCUT2D eigenvalue weighted by atomic mass is 9.91. The van der Waals surface area contributed by atoms with Gasteiger partial charge in [0.2, 0.25) is 17.8 Å². The fraction of sp³-hybridized carbons (Fsp3) is 0.750. The van der Waals surface area contributed by atoms with E-state index in [9.17, 15) is 4.79 Å². The average molecular weight is 338 g/mol. The minimum Gasteiger partial charge on any atom is -0.463 e. The SMILES string of the molecule is CCC(C)(C)C(=O)OCCN(C)c1nc(N(C)C)nc(N(C)C)n1. The Morgan fingerprint density at radius 1 is 0.958 bits per heavy atom. The van der Waals surface area contributed by atoms with Crippen LogP contribution in [-0.2, 0) is 9.53 Å². The Morgan fingerprint density at radius 2 is 1.42 bits per heavy atom. The molecule has 0 aliphatic carbocycles. The van der Waals surface area contributed by atoms with E-state index in [1.165, 1.54) is 0 Å². The summed E-state index contributed by atoms with van der Waals surface area (Å²) in [6.45, 7) is 6.55. The van der Waals surface area contributed by atoms with E-state index < -0.39 is 5.41 Å². The maximum Gasteiger partial charge on any atom is 0.311 e. The third-order valence-corrected chi connectivity index (χ3v) is 3.84. The van der Waals surface area contributed by atoms with Gasteiger partial charge in [0, 0.05) is 35.2 Å². The molecule has 0 aliphatic heterocycles. The largest absolute Gasteiger partial charge is 0.463 e. The van der Waals surface area contributed by atoms with E-state index in [2.05, 4.69) is 15.0 Å². The van der Waals surface area contributed by atoms with Gasteiger partial charge in [-0.2, -0.15) is 15.0 Å². The maximum absolute atomic E-state index is 12.0. The number of esters is 1. The Bertz CT molecular complexity index is 533. The predicted octanol–water partition coefficient (Wildman–Crippen LogP) is 1.42. The lowest BCUT2D eigenvalue weighted by Gasteiger charge is -2.23. The molecule has 0 atom stereocenters. The monoisotopic (exact) mass is 338 g/mol. The van der Waals surface area contributed by atoms with Gasteiger partial charge in [0.05, 0.1) is 12.0 Å². The quantitative estimate of drug-likeness (QED) is 0.659. The Labute approximate surface area is 144 Å². The molecular formula is C16H30N6O2. The number of carbonyl (C=O) groups is 1. The van der Waals surface area contributed by atoms with E-state index in [0.717, 1.165) is 6.42 Å². The number of anilines is 3. The Kier molecular flexibility index (Phi) is 6.74. The number of hydrogen-bond donors (Lipinski definition) is 0. The van der Waals surface area contributed by atoms with Crippen molar-refractivity contribution in [2.45, 2.75) is 27.2 Å². The van der Waals surface area contributed by atoms with Gasteiger partial charge >= 0.3 is 5.97 Å². The highest BCUT2D eigenvalue weighted by Crippen LogP contribution is 2.21. The molecule has 0 saturated heterocycles. The third kappa shape index (κ3) is 5.21. The van der Waals surface area contributed by atoms with Gasteiger partial charge < -0.3 is 19.4 Å². The molecule has 1 rings (SSSR count). The fourth-order valence-corrected chi connectivity index (χ4v) is 1.63. The lowest BCUT2D eigenvalue weighted by molar-refractivity contribution is -0.153. The van der Waals surface area contributed by atoms with Gasteiger partial charge in [-0.25, -0.2) is 0 Å². The van der Waals surface area contributed by atoms with Crippen LogP contribution in [0.3, 0.4) is 0 Å². The second kappa shape index (κ2) is 8.12. The number of ether oxygens (including phenoxy) is 1. The number of hydrogen-bond acceptors (Lipinski definition) is 8. The second-order valence-electron chi connectivity index (χ2n) is 6.82. The van der Waals surface area contributed by atoms with Crippen molar-refractivity contribution in [1.82, 2.24) is 15.0 Å². The summed E-state index contributed by atoms with van der Waals surface area (Å²) in [6.07, 6.45) is 0.744. The van der Waals surface area contributed by atoms with Crippen LogP contribution in [0.25, 0.3) is 0 Å². The molecule has 24 heavy (non-hydrogen) atoms. The van der Waals surface area contributed by atoms with Crippen LogP contribution in [0.15, 0.2) is 0 Å². The molecule has 0 saturated carbocycles. The molecule has 0 aliphatic rings. The number of aromatic nitrogens is 3. The summed E-state index contributed by atoms with van der Waals surface area (Å²) in [4.78, 5) is 30.8. The van der Waals surface area contributed by atoms with Crippen LogP contribution in [0.2, 0.25) is 0 Å². The molecule has 0 spiro atoms. The van der Waals surface area contributed by atoms with Gasteiger partial charge in [0.15, 0.2) is 0 Å². The molecule has 1 heterocycles. The Morgan fingerprint density at radius 3 is 1.83 bits per heavy atom. The molecule has 1 aromatic heterocycles. The standard InChI is InChI=1S/C16H30N6O2/c1-9-16(2,3)12(23)24-11-10-22(8)15-18-13(20(4)5)17-14(19-15)21(6)7/h9-11H2,1-8H3. The molecule has 1 aromatic rings. The van der Waals surface area contributed by atoms with Crippen LogP contribution in [0.4, 0.5) is 17.8 Å². The maximum atomic E-state index is 12.0. The summed E-state index contributed by atoms with van der Waals surface area (Å²) in [6, 6.07) is 0. The van der Waals surface area contributed by atoms with Crippen molar-refractivity contribution in [3.05, 3.63) is 0 Å². The van der Waals surface area contributed by atoms with E-state index in [1.807, 2.05) is 70.7 Å². The molecule has 8 heteroatoms. The summed E-state index contributed by atoms with van der Waals surface area (Å²) in [5, 5.41) is 0. The first kappa shape index (κ1) is 19.9. The molecule has 0 amide bonds. The van der Waals surface area contributed by atoms with Gasteiger partial charge in [-0.1, -0.05) is 6.92 Å². The van der Waals surface area contributed by atoms with Crippen molar-refractivity contribution >= 4 is 23.8 Å². The predicted molar refractivity (Wildman–Crippen MR) is 96.8 cm³/mol. The first-order valence-corrected chi connectivity index (χ1v) is 8.07. The summed E-state index contributed by atoms with van der Waals surface area (Å²) < 4.78 is 5.37. The number of carbonyl (C=O) groups excluding carboxylic acids is 1. The second-order valence-corrected chi connectivity index (χ2v) is 6.82. The number of rotatable bonds is 8. The zero-order valence-corrected chi connectivity index (χ0v) is 16.1. The van der Waals surface area contributed by atoms with Crippen LogP contribution in [0, 0.1) is 5.41 Å². The van der Waals surface area contributed by atoms with Crippen LogP contribution >= 0.6 is 0 Å². The molecule has 0 aromatic carbocycles. The molecule has 0 unspecified atom stereocenters. The highest BCUT2D eigenvalue weighted by atomic mass is 16.5. The molecule has 0 N–H and O–H groups in total. The van der Waals surface area contributed by atoms with Gasteiger partial charge in [-0.15, -0.1) is 0 Å².